The van der Waals surface area contributed by atoms with Gasteiger partial charge in [0.25, 0.3) is 5.17 Å². The molecule has 0 aromatic carbocycles. The summed E-state index contributed by atoms with van der Waals surface area (Å²) in [5, 5.41) is 5.56. The molecule has 2 atom stereocenters. The molecular formula is C6H12Br2N2O2S2. The third-order valence-corrected chi connectivity index (χ3v) is 7.18. The maximum Gasteiger partial charge on any atom is 0.300 e. The number of alkyl halides is 1. The molecule has 0 bridgehead atoms. The Morgan fingerprint density at radius 2 is 2.21 bits per heavy atom. The van der Waals surface area contributed by atoms with Gasteiger partial charge in [-0.15, -0.1) is 0 Å². The lowest BCUT2D eigenvalue weighted by Crippen LogP contribution is -3.00. The predicted octanol–water partition coefficient (Wildman–Crippen LogP) is -4.25. The number of nitrogens with two attached hydrogens (primary N) is 2. The smallest absolute Gasteiger partial charge is 0.300 e. The molecular weight excluding hydrogens is 356 g/mol. The van der Waals surface area contributed by atoms with E-state index >= 15 is 0 Å². The molecule has 1 rings (SSSR count). The van der Waals surface area contributed by atoms with Crippen LogP contribution in [0.2, 0.25) is 0 Å². The van der Waals surface area contributed by atoms with Gasteiger partial charge in [-0.1, -0.05) is 15.9 Å². The number of hydrogen-bond donors (Lipinski definition) is 2. The number of rotatable bonds is 1. The van der Waals surface area contributed by atoms with Crippen LogP contribution < -0.4 is 28.1 Å². The summed E-state index contributed by atoms with van der Waals surface area (Å²) < 4.78 is 22.2. The molecule has 2 unspecified atom stereocenters. The number of thioether (sulfide) groups is 1. The van der Waals surface area contributed by atoms with Gasteiger partial charge >= 0.3 is 0 Å². The minimum Gasteiger partial charge on any atom is -1.00 e. The second kappa shape index (κ2) is 4.71. The van der Waals surface area contributed by atoms with Gasteiger partial charge in [0.05, 0.1) is 16.3 Å². The molecule has 0 radical (unpaired) electrons. The van der Waals surface area contributed by atoms with Gasteiger partial charge < -0.3 is 17.0 Å². The number of sulfone groups is 1. The largest absolute Gasteiger partial charge is 1.00 e. The molecule has 1 aliphatic rings. The average molecular weight is 368 g/mol. The molecule has 0 aliphatic carbocycles. The number of halogens is 2. The van der Waals surface area contributed by atoms with Gasteiger partial charge in [-0.05, 0) is 18.7 Å². The maximum absolute atomic E-state index is 11.3. The molecule has 14 heavy (non-hydrogen) atoms. The van der Waals surface area contributed by atoms with Gasteiger partial charge in [0, 0.05) is 4.83 Å². The molecule has 1 saturated heterocycles. The van der Waals surface area contributed by atoms with Gasteiger partial charge in [0.2, 0.25) is 0 Å². The van der Waals surface area contributed by atoms with Crippen molar-refractivity contribution in [3.05, 3.63) is 0 Å². The summed E-state index contributed by atoms with van der Waals surface area (Å²) in [6.45, 7) is 1.85. The zero-order valence-electron chi connectivity index (χ0n) is 7.54. The fourth-order valence-corrected chi connectivity index (χ4v) is 6.85. The van der Waals surface area contributed by atoms with Crippen LogP contribution in [0.25, 0.3) is 0 Å². The van der Waals surface area contributed by atoms with Gasteiger partial charge in [0.1, 0.15) is 0 Å². The van der Waals surface area contributed by atoms with Crippen LogP contribution in [0.5, 0.6) is 0 Å². The zero-order chi connectivity index (χ0) is 10.3. The average Bonchev–Trinajstić information content (AvgIpc) is 1.98. The van der Waals surface area contributed by atoms with E-state index in [9.17, 15) is 8.42 Å². The highest BCUT2D eigenvalue weighted by Crippen LogP contribution is 2.39. The lowest BCUT2D eigenvalue weighted by molar-refractivity contribution is -0.110. The highest BCUT2D eigenvalue weighted by Gasteiger charge is 2.47. The van der Waals surface area contributed by atoms with E-state index in [1.165, 1.54) is 11.8 Å². The van der Waals surface area contributed by atoms with Gasteiger partial charge in [0.15, 0.2) is 9.84 Å². The fraction of sp³-hybridized carbons (Fsp3) is 0.833. The van der Waals surface area contributed by atoms with E-state index in [0.29, 0.717) is 0 Å². The van der Waals surface area contributed by atoms with Crippen molar-refractivity contribution in [3.63, 3.8) is 0 Å². The van der Waals surface area contributed by atoms with Crippen molar-refractivity contribution in [2.45, 2.75) is 16.5 Å². The summed E-state index contributed by atoms with van der Waals surface area (Å²) >= 11 is 4.56. The molecule has 4 nitrogen and oxygen atoms in total. The van der Waals surface area contributed by atoms with Crippen LogP contribution in [0.15, 0.2) is 0 Å². The lowest BCUT2D eigenvalue weighted by Gasteiger charge is -2.22. The standard InChI is InChI=1S/C6H11BrN2O2S2.BrH/c1-6(12-5(8)9)3-13(10,11)2-4(6)7;/h4H,2-3H2,1H3,(H3,8,9);1H. The second-order valence-corrected chi connectivity index (χ2v) is 8.16. The first-order valence-corrected chi connectivity index (χ1v) is 7.22. The summed E-state index contributed by atoms with van der Waals surface area (Å²) in [6.07, 6.45) is 0. The van der Waals surface area contributed by atoms with E-state index in [4.69, 9.17) is 11.1 Å². The molecule has 1 fully saturated rings. The molecule has 0 saturated carbocycles. The summed E-state index contributed by atoms with van der Waals surface area (Å²) in [5.74, 6) is 0.280. The van der Waals surface area contributed by atoms with Crippen LogP contribution in [0.4, 0.5) is 0 Å². The van der Waals surface area contributed by atoms with Gasteiger partial charge in [-0.2, -0.15) is 0 Å². The van der Waals surface area contributed by atoms with Gasteiger partial charge in [-0.3, -0.25) is 11.1 Å². The molecule has 0 spiro atoms. The Morgan fingerprint density at radius 3 is 2.50 bits per heavy atom. The summed E-state index contributed by atoms with van der Waals surface area (Å²) in [7, 11) is -2.94. The molecule has 1 aliphatic heterocycles. The van der Waals surface area contributed by atoms with Crippen molar-refractivity contribution in [3.8, 4) is 0 Å². The van der Waals surface area contributed by atoms with Crippen LogP contribution in [-0.2, 0) is 9.84 Å². The van der Waals surface area contributed by atoms with E-state index in [-0.39, 0.29) is 38.5 Å². The van der Waals surface area contributed by atoms with E-state index in [1.54, 1.807) is 0 Å². The number of amidine groups is 1. The monoisotopic (exact) mass is 366 g/mol. The molecule has 1 heterocycles. The molecule has 8 heteroatoms. The first-order valence-electron chi connectivity index (χ1n) is 3.66. The topological polar surface area (TPSA) is 85.8 Å². The normalized spacial score (nSPS) is 34.9. The van der Waals surface area contributed by atoms with Crippen molar-refractivity contribution in [1.82, 2.24) is 0 Å². The minimum absolute atomic E-state index is 0. The first kappa shape index (κ1) is 14.7. The van der Waals surface area contributed by atoms with Crippen molar-refractivity contribution in [2.24, 2.45) is 5.73 Å². The minimum atomic E-state index is -2.94. The van der Waals surface area contributed by atoms with E-state index < -0.39 is 14.6 Å². The Labute approximate surface area is 107 Å². The van der Waals surface area contributed by atoms with E-state index in [1.807, 2.05) is 6.92 Å². The Kier molecular flexibility index (Phi) is 4.96. The SMILES string of the molecule is CC1(SC(N)=[NH2+])CS(=O)(=O)CC1Br.[Br-]. The Balaban J connectivity index is 0.00000169. The molecule has 4 N–H and O–H groups in total. The highest BCUT2D eigenvalue weighted by atomic mass is 79.9. The molecule has 0 amide bonds. The van der Waals surface area contributed by atoms with Crippen molar-refractivity contribution in [2.75, 3.05) is 11.5 Å². The van der Waals surface area contributed by atoms with Crippen LogP contribution in [-0.4, -0.2) is 34.7 Å². The van der Waals surface area contributed by atoms with Crippen LogP contribution in [0.3, 0.4) is 0 Å². The Bertz CT molecular complexity index is 333. The van der Waals surface area contributed by atoms with E-state index in [0.717, 1.165) is 0 Å². The van der Waals surface area contributed by atoms with Crippen LogP contribution in [0, 0.1) is 0 Å². The first-order chi connectivity index (χ1) is 5.75. The lowest BCUT2D eigenvalue weighted by atomic mass is 10.1. The summed E-state index contributed by atoms with van der Waals surface area (Å²) in [6, 6.07) is 0. The Morgan fingerprint density at radius 1 is 1.71 bits per heavy atom. The third kappa shape index (κ3) is 3.39. The van der Waals surface area contributed by atoms with Crippen molar-refractivity contribution >= 4 is 42.7 Å². The quantitative estimate of drug-likeness (QED) is 0.279. The van der Waals surface area contributed by atoms with Gasteiger partial charge in [-0.25, -0.2) is 8.42 Å². The van der Waals surface area contributed by atoms with Crippen molar-refractivity contribution < 1.29 is 30.8 Å². The zero-order valence-corrected chi connectivity index (χ0v) is 12.3. The summed E-state index contributed by atoms with van der Waals surface area (Å²) in [5.41, 5.74) is 5.35. The maximum atomic E-state index is 11.3. The third-order valence-electron chi connectivity index (χ3n) is 1.92. The van der Waals surface area contributed by atoms with Crippen LogP contribution >= 0.6 is 27.7 Å². The molecule has 0 aromatic heterocycles. The number of hydrogen-bond acceptors (Lipinski definition) is 3. The summed E-state index contributed by atoms with van der Waals surface area (Å²) in [4.78, 5) is -0.0860. The van der Waals surface area contributed by atoms with E-state index in [2.05, 4.69) is 15.9 Å². The predicted molar refractivity (Wildman–Crippen MR) is 58.5 cm³/mol. The molecule has 84 valence electrons. The van der Waals surface area contributed by atoms with Crippen LogP contribution in [0.1, 0.15) is 6.92 Å². The second-order valence-electron chi connectivity index (χ2n) is 3.34. The highest BCUT2D eigenvalue weighted by molar-refractivity contribution is 9.09. The Hall–Kier alpha value is 0.730. The van der Waals surface area contributed by atoms with Crippen molar-refractivity contribution in [1.29, 1.82) is 0 Å². The molecule has 0 aromatic rings. The fourth-order valence-electron chi connectivity index (χ4n) is 1.35.